The van der Waals surface area contributed by atoms with E-state index < -0.39 is 0 Å². The molecule has 1 aromatic carbocycles. The number of carbonyl (C=O) groups excluding carboxylic acids is 1. The number of carbonyl (C=O) groups is 1. The fraction of sp³-hybridized carbons (Fsp3) is 0.200. The van der Waals surface area contributed by atoms with Crippen molar-refractivity contribution in [3.8, 4) is 0 Å². The van der Waals surface area contributed by atoms with E-state index >= 15 is 0 Å². The summed E-state index contributed by atoms with van der Waals surface area (Å²) < 4.78 is 0.993. The van der Waals surface area contributed by atoms with Crippen LogP contribution in [0, 0.1) is 6.92 Å². The molecule has 1 heterocycles. The van der Waals surface area contributed by atoms with Crippen LogP contribution in [0.1, 0.15) is 21.6 Å². The Labute approximate surface area is 126 Å². The van der Waals surface area contributed by atoms with Gasteiger partial charge >= 0.3 is 0 Å². The topological polar surface area (TPSA) is 59.2 Å². The number of benzene rings is 1. The number of nitrogens with zero attached hydrogens (tertiary/aromatic N) is 2. The SMILES string of the molecule is Cc1cc(N)c(C(=O)N(C)Cc2cccc(Br)c2)cn1. The molecule has 2 N–H and O–H groups in total. The lowest BCUT2D eigenvalue weighted by Crippen LogP contribution is -2.27. The second kappa shape index (κ2) is 6.05. The van der Waals surface area contributed by atoms with Crippen molar-refractivity contribution in [2.75, 3.05) is 12.8 Å². The van der Waals surface area contributed by atoms with Crippen molar-refractivity contribution < 1.29 is 4.79 Å². The molecule has 1 aromatic heterocycles. The summed E-state index contributed by atoms with van der Waals surface area (Å²) in [5, 5.41) is 0. The Kier molecular flexibility index (Phi) is 4.39. The Morgan fingerprint density at radius 3 is 2.80 bits per heavy atom. The summed E-state index contributed by atoms with van der Waals surface area (Å²) in [4.78, 5) is 18.1. The largest absolute Gasteiger partial charge is 0.398 e. The molecule has 1 amide bonds. The van der Waals surface area contributed by atoms with Gasteiger partial charge in [-0.2, -0.15) is 0 Å². The van der Waals surface area contributed by atoms with E-state index in [1.807, 2.05) is 31.2 Å². The molecule has 0 saturated carbocycles. The number of pyridine rings is 1. The highest BCUT2D eigenvalue weighted by Crippen LogP contribution is 2.17. The van der Waals surface area contributed by atoms with Crippen LogP contribution in [0.25, 0.3) is 0 Å². The zero-order valence-electron chi connectivity index (χ0n) is 11.4. The molecule has 4 nitrogen and oxygen atoms in total. The number of hydrogen-bond acceptors (Lipinski definition) is 3. The van der Waals surface area contributed by atoms with Crippen molar-refractivity contribution in [3.63, 3.8) is 0 Å². The Morgan fingerprint density at radius 2 is 2.15 bits per heavy atom. The normalized spacial score (nSPS) is 10.3. The highest BCUT2D eigenvalue weighted by Gasteiger charge is 2.15. The third-order valence-electron chi connectivity index (χ3n) is 2.96. The Hall–Kier alpha value is -1.88. The van der Waals surface area contributed by atoms with Gasteiger partial charge in [-0.15, -0.1) is 0 Å². The van der Waals surface area contributed by atoms with E-state index in [4.69, 9.17) is 5.73 Å². The monoisotopic (exact) mass is 333 g/mol. The van der Waals surface area contributed by atoms with Gasteiger partial charge in [-0.05, 0) is 30.7 Å². The molecule has 0 fully saturated rings. The zero-order valence-corrected chi connectivity index (χ0v) is 13.0. The molecule has 0 aliphatic carbocycles. The van der Waals surface area contributed by atoms with Crippen LogP contribution < -0.4 is 5.73 Å². The standard InChI is InChI=1S/C15H16BrN3O/c1-10-6-14(17)13(8-18-10)15(20)19(2)9-11-4-3-5-12(16)7-11/h3-8H,9H2,1-2H3,(H2,17,18). The summed E-state index contributed by atoms with van der Waals surface area (Å²) in [5.41, 5.74) is 8.63. The minimum atomic E-state index is -0.130. The van der Waals surface area contributed by atoms with Crippen molar-refractivity contribution in [3.05, 3.63) is 57.8 Å². The summed E-state index contributed by atoms with van der Waals surface area (Å²) >= 11 is 3.42. The van der Waals surface area contributed by atoms with Gasteiger partial charge in [0.2, 0.25) is 0 Å². The zero-order chi connectivity index (χ0) is 14.7. The lowest BCUT2D eigenvalue weighted by molar-refractivity contribution is 0.0785. The van der Waals surface area contributed by atoms with E-state index in [2.05, 4.69) is 20.9 Å². The smallest absolute Gasteiger partial charge is 0.257 e. The van der Waals surface area contributed by atoms with Gasteiger partial charge in [0.1, 0.15) is 0 Å². The third kappa shape index (κ3) is 3.36. The number of hydrogen-bond donors (Lipinski definition) is 1. The van der Waals surface area contributed by atoms with Crippen molar-refractivity contribution in [2.24, 2.45) is 0 Å². The molecule has 0 saturated heterocycles. The molecular formula is C15H16BrN3O. The van der Waals surface area contributed by atoms with Crippen LogP contribution in [0.3, 0.4) is 0 Å². The molecular weight excluding hydrogens is 318 g/mol. The van der Waals surface area contributed by atoms with Gasteiger partial charge in [0.25, 0.3) is 5.91 Å². The number of anilines is 1. The molecule has 0 spiro atoms. The van der Waals surface area contributed by atoms with Gasteiger partial charge in [0.15, 0.2) is 0 Å². The van der Waals surface area contributed by atoms with Crippen LogP contribution in [0.15, 0.2) is 41.0 Å². The first kappa shape index (κ1) is 14.5. The van der Waals surface area contributed by atoms with Gasteiger partial charge in [-0.1, -0.05) is 28.1 Å². The quantitative estimate of drug-likeness (QED) is 0.939. The fourth-order valence-corrected chi connectivity index (χ4v) is 2.39. The number of halogens is 1. The molecule has 0 unspecified atom stereocenters. The van der Waals surface area contributed by atoms with Gasteiger partial charge in [-0.3, -0.25) is 9.78 Å². The molecule has 0 aliphatic rings. The fourth-order valence-electron chi connectivity index (χ4n) is 1.95. The second-order valence-corrected chi connectivity index (χ2v) is 5.62. The number of nitrogen functional groups attached to an aromatic ring is 1. The predicted molar refractivity (Wildman–Crippen MR) is 83.3 cm³/mol. The van der Waals surface area contributed by atoms with Crippen LogP contribution >= 0.6 is 15.9 Å². The maximum atomic E-state index is 12.4. The molecule has 104 valence electrons. The van der Waals surface area contributed by atoms with E-state index in [-0.39, 0.29) is 5.91 Å². The highest BCUT2D eigenvalue weighted by atomic mass is 79.9. The van der Waals surface area contributed by atoms with Crippen molar-refractivity contribution in [2.45, 2.75) is 13.5 Å². The van der Waals surface area contributed by atoms with E-state index in [1.54, 1.807) is 18.0 Å². The maximum Gasteiger partial charge on any atom is 0.257 e. The third-order valence-corrected chi connectivity index (χ3v) is 3.45. The van der Waals surface area contributed by atoms with Gasteiger partial charge in [-0.25, -0.2) is 0 Å². The Balaban J connectivity index is 2.16. The van der Waals surface area contributed by atoms with E-state index in [0.717, 1.165) is 15.7 Å². The molecule has 0 atom stereocenters. The average Bonchev–Trinajstić information content (AvgIpc) is 2.38. The van der Waals surface area contributed by atoms with Crippen LogP contribution in [-0.4, -0.2) is 22.8 Å². The number of amides is 1. The minimum absolute atomic E-state index is 0.130. The minimum Gasteiger partial charge on any atom is -0.398 e. The number of aryl methyl sites for hydroxylation is 1. The molecule has 0 aliphatic heterocycles. The van der Waals surface area contributed by atoms with Crippen molar-refractivity contribution in [1.82, 2.24) is 9.88 Å². The van der Waals surface area contributed by atoms with Crippen molar-refractivity contribution in [1.29, 1.82) is 0 Å². The molecule has 2 aromatic rings. The molecule has 0 bridgehead atoms. The first-order valence-corrected chi connectivity index (χ1v) is 6.98. The lowest BCUT2D eigenvalue weighted by atomic mass is 10.1. The van der Waals surface area contributed by atoms with Crippen molar-refractivity contribution >= 4 is 27.5 Å². The Morgan fingerprint density at radius 1 is 1.40 bits per heavy atom. The maximum absolute atomic E-state index is 12.4. The summed E-state index contributed by atoms with van der Waals surface area (Å²) in [6.45, 7) is 2.36. The van der Waals surface area contributed by atoms with Gasteiger partial charge in [0, 0.05) is 35.6 Å². The molecule has 5 heteroatoms. The van der Waals surface area contributed by atoms with Crippen LogP contribution in [0.2, 0.25) is 0 Å². The first-order valence-electron chi connectivity index (χ1n) is 6.19. The van der Waals surface area contributed by atoms with Crippen LogP contribution in [-0.2, 0) is 6.54 Å². The molecule has 20 heavy (non-hydrogen) atoms. The van der Waals surface area contributed by atoms with E-state index in [1.165, 1.54) is 6.20 Å². The van der Waals surface area contributed by atoms with Gasteiger partial charge < -0.3 is 10.6 Å². The molecule has 0 radical (unpaired) electrons. The number of aromatic nitrogens is 1. The summed E-state index contributed by atoms with van der Waals surface area (Å²) in [6.07, 6.45) is 1.53. The lowest BCUT2D eigenvalue weighted by Gasteiger charge is -2.18. The first-order chi connectivity index (χ1) is 9.47. The average molecular weight is 334 g/mol. The number of nitrogens with two attached hydrogens (primary N) is 1. The number of rotatable bonds is 3. The second-order valence-electron chi connectivity index (χ2n) is 4.70. The Bertz CT molecular complexity index is 643. The van der Waals surface area contributed by atoms with E-state index in [0.29, 0.717) is 17.8 Å². The van der Waals surface area contributed by atoms with Crippen LogP contribution in [0.5, 0.6) is 0 Å². The van der Waals surface area contributed by atoms with Gasteiger partial charge in [0.05, 0.1) is 5.56 Å². The highest BCUT2D eigenvalue weighted by molar-refractivity contribution is 9.10. The predicted octanol–water partition coefficient (Wildman–Crippen LogP) is 3.01. The summed E-state index contributed by atoms with van der Waals surface area (Å²) in [7, 11) is 1.75. The summed E-state index contributed by atoms with van der Waals surface area (Å²) in [6, 6.07) is 9.57. The molecule has 2 rings (SSSR count). The van der Waals surface area contributed by atoms with E-state index in [9.17, 15) is 4.79 Å². The van der Waals surface area contributed by atoms with Crippen LogP contribution in [0.4, 0.5) is 5.69 Å². The summed E-state index contributed by atoms with van der Waals surface area (Å²) in [5.74, 6) is -0.130.